The van der Waals surface area contributed by atoms with E-state index in [9.17, 15) is 19.5 Å². The van der Waals surface area contributed by atoms with Crippen LogP contribution in [-0.4, -0.2) is 43.5 Å². The van der Waals surface area contributed by atoms with Crippen LogP contribution in [0.15, 0.2) is 23.5 Å². The Morgan fingerprint density at radius 2 is 2.09 bits per heavy atom. The summed E-state index contributed by atoms with van der Waals surface area (Å²) in [6.45, 7) is 1.79. The summed E-state index contributed by atoms with van der Waals surface area (Å²) >= 11 is 0. The van der Waals surface area contributed by atoms with Gasteiger partial charge in [0, 0.05) is 25.0 Å². The minimum Gasteiger partial charge on any atom is -0.493 e. The second-order valence-corrected chi connectivity index (χ2v) is 5.80. The van der Waals surface area contributed by atoms with E-state index in [2.05, 4.69) is 0 Å². The van der Waals surface area contributed by atoms with Crippen molar-refractivity contribution in [3.8, 4) is 0 Å². The molecule has 1 N–H and O–H groups in total. The summed E-state index contributed by atoms with van der Waals surface area (Å²) in [7, 11) is 2.77. The van der Waals surface area contributed by atoms with Crippen molar-refractivity contribution in [2.75, 3.05) is 20.8 Å². The highest BCUT2D eigenvalue weighted by Crippen LogP contribution is 2.51. The van der Waals surface area contributed by atoms with Crippen molar-refractivity contribution < 1.29 is 29.0 Å². The highest BCUT2D eigenvalue weighted by Gasteiger charge is 2.59. The lowest BCUT2D eigenvalue weighted by molar-refractivity contribution is -0.153. The van der Waals surface area contributed by atoms with Crippen LogP contribution in [0.4, 0.5) is 0 Å². The van der Waals surface area contributed by atoms with Crippen LogP contribution in [0, 0.1) is 17.3 Å². The molecule has 0 fully saturated rings. The van der Waals surface area contributed by atoms with Crippen LogP contribution in [0.2, 0.25) is 0 Å². The third-order valence-electron chi connectivity index (χ3n) is 4.71. The number of fused-ring (bicyclic) bond motifs is 1. The van der Waals surface area contributed by atoms with Crippen LogP contribution < -0.4 is 0 Å². The summed E-state index contributed by atoms with van der Waals surface area (Å²) in [5.41, 5.74) is -0.405. The van der Waals surface area contributed by atoms with Gasteiger partial charge in [0.2, 0.25) is 5.78 Å². The largest absolute Gasteiger partial charge is 0.493 e. The Bertz CT molecular complexity index is 573. The number of Topliss-reactive ketones (excluding diaryl/α,β-unsaturated/α-hetero) is 1. The Kier molecular flexibility index (Phi) is 4.51. The molecule has 2 aliphatic rings. The van der Waals surface area contributed by atoms with Gasteiger partial charge in [0.15, 0.2) is 11.5 Å². The molecule has 0 heterocycles. The maximum absolute atomic E-state index is 12.9. The topological polar surface area (TPSA) is 89.9 Å². The zero-order valence-electron chi connectivity index (χ0n) is 12.9. The summed E-state index contributed by atoms with van der Waals surface area (Å²) in [4.78, 5) is 36.6. The van der Waals surface area contributed by atoms with E-state index in [0.717, 1.165) is 5.57 Å². The summed E-state index contributed by atoms with van der Waals surface area (Å²) in [6, 6.07) is 0. The normalized spacial score (nSPS) is 31.2. The Labute approximate surface area is 128 Å². The van der Waals surface area contributed by atoms with Crippen LogP contribution in [0.5, 0.6) is 0 Å². The molecule has 0 unspecified atom stereocenters. The molecule has 120 valence electrons. The first-order chi connectivity index (χ1) is 10.4. The van der Waals surface area contributed by atoms with Crippen molar-refractivity contribution in [1.82, 2.24) is 0 Å². The van der Waals surface area contributed by atoms with Crippen molar-refractivity contribution in [3.05, 3.63) is 23.5 Å². The summed E-state index contributed by atoms with van der Waals surface area (Å²) in [5, 5.41) is 9.22. The van der Waals surface area contributed by atoms with E-state index in [1.54, 1.807) is 6.92 Å². The van der Waals surface area contributed by atoms with Gasteiger partial charge < -0.3 is 14.6 Å². The number of rotatable bonds is 5. The summed E-state index contributed by atoms with van der Waals surface area (Å²) < 4.78 is 10.3. The maximum atomic E-state index is 12.9. The van der Waals surface area contributed by atoms with Crippen LogP contribution in [-0.2, 0) is 23.9 Å². The first-order valence-corrected chi connectivity index (χ1v) is 7.10. The van der Waals surface area contributed by atoms with Gasteiger partial charge in [-0.3, -0.25) is 14.4 Å². The molecule has 0 bridgehead atoms. The van der Waals surface area contributed by atoms with Gasteiger partial charge in [-0.2, -0.15) is 0 Å². The molecule has 2 aliphatic carbocycles. The molecule has 0 saturated heterocycles. The lowest BCUT2D eigenvalue weighted by Crippen LogP contribution is -2.56. The van der Waals surface area contributed by atoms with Crippen LogP contribution in [0.3, 0.4) is 0 Å². The zero-order valence-corrected chi connectivity index (χ0v) is 12.9. The lowest BCUT2D eigenvalue weighted by atomic mass is 9.54. The molecule has 2 rings (SSSR count). The van der Waals surface area contributed by atoms with Crippen LogP contribution >= 0.6 is 0 Å². The number of carboxylic acid groups (broad SMARTS) is 1. The highest BCUT2D eigenvalue weighted by atomic mass is 16.5. The lowest BCUT2D eigenvalue weighted by Gasteiger charge is -2.48. The van der Waals surface area contributed by atoms with Crippen molar-refractivity contribution in [1.29, 1.82) is 0 Å². The van der Waals surface area contributed by atoms with E-state index in [-0.39, 0.29) is 30.4 Å². The molecular weight excluding hydrogens is 288 g/mol. The predicted octanol–water partition coefficient (Wildman–Crippen LogP) is 1.36. The number of hydrogen-bond donors (Lipinski definition) is 1. The molecule has 0 radical (unpaired) electrons. The Hall–Kier alpha value is -1.95. The molecule has 3 atom stereocenters. The molecule has 0 aliphatic heterocycles. The molecule has 6 nitrogen and oxygen atoms in total. The predicted molar refractivity (Wildman–Crippen MR) is 77.0 cm³/mol. The number of carbonyl (C=O) groups is 3. The van der Waals surface area contributed by atoms with E-state index in [4.69, 9.17) is 9.47 Å². The highest BCUT2D eigenvalue weighted by molar-refractivity contribution is 6.12. The Morgan fingerprint density at radius 3 is 2.64 bits per heavy atom. The van der Waals surface area contributed by atoms with E-state index in [1.165, 1.54) is 20.3 Å². The molecule has 0 spiro atoms. The van der Waals surface area contributed by atoms with E-state index >= 15 is 0 Å². The van der Waals surface area contributed by atoms with Gasteiger partial charge in [0.05, 0.1) is 25.6 Å². The molecule has 0 aromatic heterocycles. The average Bonchev–Trinajstić information content (AvgIpc) is 2.46. The van der Waals surface area contributed by atoms with Gasteiger partial charge in [0.25, 0.3) is 0 Å². The number of hydrogen-bond acceptors (Lipinski definition) is 5. The molecule has 22 heavy (non-hydrogen) atoms. The molecular formula is C16H20O6. The summed E-state index contributed by atoms with van der Waals surface area (Å²) in [5.74, 6) is -2.79. The molecule has 0 amide bonds. The fraction of sp³-hybridized carbons (Fsp3) is 0.562. The number of ether oxygens (including phenoxy) is 2. The first kappa shape index (κ1) is 16.4. The first-order valence-electron chi connectivity index (χ1n) is 7.10. The number of ketones is 2. The smallest absolute Gasteiger partial charge is 0.303 e. The quantitative estimate of drug-likeness (QED) is 0.771. The second-order valence-electron chi connectivity index (χ2n) is 5.80. The Morgan fingerprint density at radius 1 is 1.41 bits per heavy atom. The van der Waals surface area contributed by atoms with Crippen LogP contribution in [0.1, 0.15) is 19.8 Å². The van der Waals surface area contributed by atoms with Crippen molar-refractivity contribution in [2.24, 2.45) is 17.3 Å². The van der Waals surface area contributed by atoms with Gasteiger partial charge in [-0.05, 0) is 13.3 Å². The molecule has 0 aromatic rings. The minimum absolute atomic E-state index is 0.00787. The maximum Gasteiger partial charge on any atom is 0.303 e. The Balaban J connectivity index is 2.62. The molecule has 0 aromatic carbocycles. The monoisotopic (exact) mass is 308 g/mol. The average molecular weight is 308 g/mol. The van der Waals surface area contributed by atoms with Gasteiger partial charge in [-0.25, -0.2) is 0 Å². The molecule has 6 heteroatoms. The zero-order chi connectivity index (χ0) is 16.5. The molecule has 0 saturated carbocycles. The number of carboxylic acids is 1. The summed E-state index contributed by atoms with van der Waals surface area (Å²) in [6.07, 6.45) is 3.25. The number of aliphatic carboxylic acids is 1. The van der Waals surface area contributed by atoms with Gasteiger partial charge in [-0.1, -0.05) is 11.6 Å². The number of carbonyl (C=O) groups excluding carboxylic acids is 2. The minimum atomic E-state index is -1.21. The van der Waals surface area contributed by atoms with E-state index < -0.39 is 23.2 Å². The fourth-order valence-corrected chi connectivity index (χ4v) is 3.69. The van der Waals surface area contributed by atoms with E-state index in [0.29, 0.717) is 6.42 Å². The van der Waals surface area contributed by atoms with Gasteiger partial charge in [-0.15, -0.1) is 0 Å². The van der Waals surface area contributed by atoms with E-state index in [1.807, 2.05) is 6.08 Å². The third-order valence-corrected chi connectivity index (χ3v) is 4.71. The number of methoxy groups -OCH3 is 2. The fourth-order valence-electron chi connectivity index (χ4n) is 3.69. The van der Waals surface area contributed by atoms with Crippen molar-refractivity contribution >= 4 is 17.5 Å². The van der Waals surface area contributed by atoms with Gasteiger partial charge >= 0.3 is 5.97 Å². The second kappa shape index (κ2) is 6.04. The SMILES string of the molecule is COC[C@]12C(=O)C(OC)=CC(=O)[C@@H]1CC=C(C)[C@H]2CC(=O)O. The standard InChI is InChI=1S/C16H20O6/c1-9-4-5-10-12(17)7-13(22-3)15(20)16(10,8-21-2)11(9)6-14(18)19/h4,7,10-11H,5-6,8H2,1-3H3,(H,18,19)/t10-,11+,16-/m0/s1. The number of allylic oxidation sites excluding steroid dienone is 4. The van der Waals surface area contributed by atoms with Gasteiger partial charge in [0.1, 0.15) is 0 Å². The van der Waals surface area contributed by atoms with Crippen molar-refractivity contribution in [3.63, 3.8) is 0 Å². The third kappa shape index (κ3) is 2.37. The van der Waals surface area contributed by atoms with Crippen molar-refractivity contribution in [2.45, 2.75) is 19.8 Å². The van der Waals surface area contributed by atoms with Crippen LogP contribution in [0.25, 0.3) is 0 Å².